The van der Waals surface area contributed by atoms with Gasteiger partial charge in [0.05, 0.1) is 11.2 Å². The summed E-state index contributed by atoms with van der Waals surface area (Å²) in [4.78, 5) is 6.55. The van der Waals surface area contributed by atoms with Crippen molar-refractivity contribution in [3.63, 3.8) is 0 Å². The van der Waals surface area contributed by atoms with Gasteiger partial charge in [0.15, 0.2) is 11.5 Å². The summed E-state index contributed by atoms with van der Waals surface area (Å²) in [6, 6.07) is 15.8. The van der Waals surface area contributed by atoms with Crippen LogP contribution in [-0.4, -0.2) is 36.0 Å². The van der Waals surface area contributed by atoms with E-state index in [9.17, 15) is 0 Å². The molecule has 1 saturated carbocycles. The van der Waals surface area contributed by atoms with Crippen molar-refractivity contribution in [2.75, 3.05) is 13.8 Å². The van der Waals surface area contributed by atoms with Gasteiger partial charge in [0.25, 0.3) is 0 Å². The molecule has 1 heterocycles. The molecule has 0 atom stereocenters. The third-order valence-electron chi connectivity index (χ3n) is 5.04. The van der Waals surface area contributed by atoms with E-state index in [2.05, 4.69) is 64.7 Å². The number of ether oxygens (including phenoxy) is 2. The minimum atomic E-state index is 0.307. The molecule has 1 aliphatic heterocycles. The first-order chi connectivity index (χ1) is 12.2. The maximum Gasteiger partial charge on any atom is 0.231 e. The molecule has 25 heavy (non-hydrogen) atoms. The first-order valence-electron chi connectivity index (χ1n) is 8.49. The van der Waals surface area contributed by atoms with Crippen LogP contribution in [0.25, 0.3) is 11.1 Å². The van der Waals surface area contributed by atoms with E-state index in [-0.39, 0.29) is 0 Å². The highest BCUT2D eigenvalue weighted by Gasteiger charge is 2.31. The first kappa shape index (κ1) is 16.3. The van der Waals surface area contributed by atoms with Gasteiger partial charge in [-0.05, 0) is 60.9 Å². The summed E-state index contributed by atoms with van der Waals surface area (Å²) in [7, 11) is 2.17. The van der Waals surface area contributed by atoms with Crippen molar-refractivity contribution in [1.82, 2.24) is 4.90 Å². The van der Waals surface area contributed by atoms with Crippen LogP contribution in [0.2, 0.25) is 0 Å². The van der Waals surface area contributed by atoms with Gasteiger partial charge in [-0.15, -0.1) is 0 Å². The Kier molecular flexibility index (Phi) is 4.53. The molecule has 5 heteroatoms. The van der Waals surface area contributed by atoms with Crippen LogP contribution < -0.4 is 9.47 Å². The molecular weight excluding hydrogens is 332 g/mol. The number of thiocarbonyl (C=S) groups is 1. The molecule has 0 unspecified atom stereocenters. The molecule has 1 fully saturated rings. The number of fused-ring (bicyclic) bond motifs is 1. The van der Waals surface area contributed by atoms with Crippen LogP contribution in [-0.2, 0) is 6.54 Å². The number of isothiocyanates is 1. The van der Waals surface area contributed by atoms with Crippen molar-refractivity contribution in [2.45, 2.75) is 31.5 Å². The first-order valence-corrected chi connectivity index (χ1v) is 8.90. The van der Waals surface area contributed by atoms with Gasteiger partial charge < -0.3 is 9.47 Å². The van der Waals surface area contributed by atoms with Gasteiger partial charge in [0.2, 0.25) is 6.79 Å². The molecule has 4 nitrogen and oxygen atoms in total. The molecule has 0 spiro atoms. The zero-order valence-corrected chi connectivity index (χ0v) is 15.0. The Morgan fingerprint density at radius 1 is 1.08 bits per heavy atom. The van der Waals surface area contributed by atoms with Crippen molar-refractivity contribution in [3.8, 4) is 22.6 Å². The van der Waals surface area contributed by atoms with Crippen molar-refractivity contribution in [3.05, 3.63) is 48.0 Å². The summed E-state index contributed by atoms with van der Waals surface area (Å²) >= 11 is 4.67. The van der Waals surface area contributed by atoms with Gasteiger partial charge in [0.1, 0.15) is 0 Å². The lowest BCUT2D eigenvalue weighted by Crippen LogP contribution is -2.44. The topological polar surface area (TPSA) is 34.1 Å². The normalized spacial score (nSPS) is 20.9. The van der Waals surface area contributed by atoms with Crippen LogP contribution in [0.3, 0.4) is 0 Å². The van der Waals surface area contributed by atoms with Gasteiger partial charge in [-0.1, -0.05) is 30.3 Å². The average molecular weight is 352 g/mol. The average Bonchev–Trinajstić information content (AvgIpc) is 3.06. The quantitative estimate of drug-likeness (QED) is 0.598. The van der Waals surface area contributed by atoms with Crippen molar-refractivity contribution in [1.29, 1.82) is 0 Å². The summed E-state index contributed by atoms with van der Waals surface area (Å²) in [6.45, 7) is 1.25. The number of hydrogen-bond donors (Lipinski definition) is 0. The second-order valence-corrected chi connectivity index (χ2v) is 6.86. The van der Waals surface area contributed by atoms with Gasteiger partial charge in [-0.2, -0.15) is 0 Å². The van der Waals surface area contributed by atoms with Crippen LogP contribution in [0.1, 0.15) is 18.4 Å². The highest BCUT2D eigenvalue weighted by molar-refractivity contribution is 7.78. The molecule has 0 radical (unpaired) electrons. The fourth-order valence-electron chi connectivity index (χ4n) is 3.39. The number of rotatable bonds is 5. The smallest absolute Gasteiger partial charge is 0.231 e. The second kappa shape index (κ2) is 6.96. The SMILES string of the molecule is CN(Cc1ccc(-c2ccc3c(c2)OCO3)cc1)[C@H]1C[C@H](N=C=S)C1. The van der Waals surface area contributed by atoms with Crippen LogP contribution in [0.15, 0.2) is 47.5 Å². The minimum Gasteiger partial charge on any atom is -0.454 e. The Morgan fingerprint density at radius 3 is 2.56 bits per heavy atom. The largest absolute Gasteiger partial charge is 0.454 e. The Labute approximate surface area is 153 Å². The standard InChI is InChI=1S/C20H20N2O2S/c1-22(18-9-17(10-18)21-12-25)11-14-2-4-15(5-3-14)16-6-7-19-20(8-16)24-13-23-19/h2-8,17-18H,9-11,13H2,1H3/t17-,18-. The predicted molar refractivity (Wildman–Crippen MR) is 101 cm³/mol. The Bertz CT molecular complexity index is 809. The van der Waals surface area contributed by atoms with Crippen molar-refractivity contribution < 1.29 is 9.47 Å². The molecule has 1 aliphatic carbocycles. The minimum absolute atomic E-state index is 0.307. The summed E-state index contributed by atoms with van der Waals surface area (Å²) in [5, 5.41) is 2.49. The van der Waals surface area contributed by atoms with Crippen LogP contribution in [0.4, 0.5) is 0 Å². The zero-order chi connectivity index (χ0) is 17.2. The fraction of sp³-hybridized carbons (Fsp3) is 0.350. The number of hydrogen-bond acceptors (Lipinski definition) is 5. The highest BCUT2D eigenvalue weighted by Crippen LogP contribution is 2.36. The lowest BCUT2D eigenvalue weighted by atomic mass is 9.86. The summed E-state index contributed by atoms with van der Waals surface area (Å²) < 4.78 is 10.8. The second-order valence-electron chi connectivity index (χ2n) is 6.68. The van der Waals surface area contributed by atoms with E-state index in [0.717, 1.165) is 36.4 Å². The third-order valence-corrected chi connectivity index (χ3v) is 5.14. The highest BCUT2D eigenvalue weighted by atomic mass is 32.1. The molecule has 0 bridgehead atoms. The monoisotopic (exact) mass is 352 g/mol. The van der Waals surface area contributed by atoms with Crippen molar-refractivity contribution >= 4 is 17.4 Å². The van der Waals surface area contributed by atoms with Gasteiger partial charge in [-0.25, -0.2) is 4.99 Å². The van der Waals surface area contributed by atoms with E-state index in [0.29, 0.717) is 18.9 Å². The molecule has 0 N–H and O–H groups in total. The summed E-state index contributed by atoms with van der Waals surface area (Å²) in [6.07, 6.45) is 2.16. The summed E-state index contributed by atoms with van der Waals surface area (Å²) in [5.41, 5.74) is 3.64. The van der Waals surface area contributed by atoms with E-state index in [4.69, 9.17) is 9.47 Å². The number of benzene rings is 2. The lowest BCUT2D eigenvalue weighted by molar-refractivity contribution is 0.134. The van der Waals surface area contributed by atoms with E-state index < -0.39 is 0 Å². The van der Waals surface area contributed by atoms with Crippen LogP contribution in [0.5, 0.6) is 11.5 Å². The number of nitrogens with zero attached hydrogens (tertiary/aromatic N) is 2. The molecule has 0 aromatic heterocycles. The van der Waals surface area contributed by atoms with E-state index in [1.165, 1.54) is 11.1 Å². The molecular formula is C20H20N2O2S. The van der Waals surface area contributed by atoms with E-state index >= 15 is 0 Å². The van der Waals surface area contributed by atoms with Gasteiger partial charge in [0, 0.05) is 12.6 Å². The third kappa shape index (κ3) is 3.45. The van der Waals surface area contributed by atoms with Crippen molar-refractivity contribution in [2.24, 2.45) is 4.99 Å². The molecule has 2 aromatic carbocycles. The summed E-state index contributed by atoms with van der Waals surface area (Å²) in [5.74, 6) is 1.64. The maximum absolute atomic E-state index is 5.46. The van der Waals surface area contributed by atoms with E-state index in [1.807, 2.05) is 12.1 Å². The zero-order valence-electron chi connectivity index (χ0n) is 14.1. The van der Waals surface area contributed by atoms with E-state index in [1.54, 1.807) is 0 Å². The molecule has 128 valence electrons. The lowest BCUT2D eigenvalue weighted by Gasteiger charge is -2.38. The molecule has 0 saturated heterocycles. The number of aliphatic imine (C=N–C) groups is 1. The Morgan fingerprint density at radius 2 is 1.80 bits per heavy atom. The van der Waals surface area contributed by atoms with Gasteiger partial charge >= 0.3 is 0 Å². The predicted octanol–water partition coefficient (Wildman–Crippen LogP) is 4.15. The van der Waals surface area contributed by atoms with Crippen LogP contribution >= 0.6 is 12.2 Å². The van der Waals surface area contributed by atoms with Gasteiger partial charge in [-0.3, -0.25) is 4.90 Å². The molecule has 2 aliphatic rings. The fourth-order valence-corrected chi connectivity index (χ4v) is 3.54. The Hall–Kier alpha value is -2.20. The van der Waals surface area contributed by atoms with Crippen LogP contribution in [0, 0.1) is 0 Å². The molecule has 2 aromatic rings. The molecule has 4 rings (SSSR count). The molecule has 0 amide bonds. The Balaban J connectivity index is 1.40. The maximum atomic E-state index is 5.46.